The number of anilines is 1. The van der Waals surface area contributed by atoms with Crippen LogP contribution < -0.4 is 5.73 Å². The molecule has 0 saturated carbocycles. The molecule has 1 aromatic heterocycles. The monoisotopic (exact) mass is 256 g/mol. The van der Waals surface area contributed by atoms with Gasteiger partial charge < -0.3 is 10.5 Å². The van der Waals surface area contributed by atoms with Crippen molar-refractivity contribution in [3.63, 3.8) is 0 Å². The molecule has 0 atom stereocenters. The lowest BCUT2D eigenvalue weighted by Gasteiger charge is -2.11. The highest BCUT2D eigenvalue weighted by Crippen LogP contribution is 2.23. The standard InChI is InChI=1S/C13H12N4O2/c1-2-19-13(18)9-4-3-5-10(12(9)15)17-7-6-16-11(17)8-14/h3-7H,2,15H2,1H3. The van der Waals surface area contributed by atoms with Crippen molar-refractivity contribution in [3.05, 3.63) is 42.0 Å². The van der Waals surface area contributed by atoms with Gasteiger partial charge in [-0.05, 0) is 19.1 Å². The summed E-state index contributed by atoms with van der Waals surface area (Å²) in [5, 5.41) is 8.96. The van der Waals surface area contributed by atoms with Crippen molar-refractivity contribution in [3.8, 4) is 11.8 Å². The van der Waals surface area contributed by atoms with Gasteiger partial charge in [-0.2, -0.15) is 5.26 Å². The molecule has 0 aliphatic carbocycles. The van der Waals surface area contributed by atoms with E-state index in [2.05, 4.69) is 4.98 Å². The van der Waals surface area contributed by atoms with Crippen LogP contribution in [0.1, 0.15) is 23.1 Å². The molecule has 96 valence electrons. The maximum Gasteiger partial charge on any atom is 0.340 e. The van der Waals surface area contributed by atoms with Crippen molar-refractivity contribution in [1.82, 2.24) is 9.55 Å². The predicted molar refractivity (Wildman–Crippen MR) is 68.6 cm³/mol. The summed E-state index contributed by atoms with van der Waals surface area (Å²) in [7, 11) is 0. The van der Waals surface area contributed by atoms with Gasteiger partial charge in [0.05, 0.1) is 23.5 Å². The molecular weight excluding hydrogens is 244 g/mol. The molecule has 2 N–H and O–H groups in total. The summed E-state index contributed by atoms with van der Waals surface area (Å²) in [6, 6.07) is 6.93. The Bertz CT molecular complexity index is 655. The van der Waals surface area contributed by atoms with E-state index in [1.807, 2.05) is 6.07 Å². The highest BCUT2D eigenvalue weighted by atomic mass is 16.5. The van der Waals surface area contributed by atoms with E-state index in [0.717, 1.165) is 0 Å². The third-order valence-electron chi connectivity index (χ3n) is 2.58. The Balaban J connectivity index is 2.52. The number of para-hydroxylation sites is 1. The van der Waals surface area contributed by atoms with Gasteiger partial charge in [0.15, 0.2) is 0 Å². The van der Waals surface area contributed by atoms with Crippen molar-refractivity contribution in [1.29, 1.82) is 5.26 Å². The maximum absolute atomic E-state index is 11.7. The summed E-state index contributed by atoms with van der Waals surface area (Å²) in [6.45, 7) is 2.00. The first-order valence-corrected chi connectivity index (χ1v) is 5.68. The molecule has 6 nitrogen and oxygen atoms in total. The molecule has 0 unspecified atom stereocenters. The molecule has 0 aliphatic rings. The minimum atomic E-state index is -0.486. The number of esters is 1. The first-order chi connectivity index (χ1) is 9.19. The third kappa shape index (κ3) is 2.26. The number of nitriles is 1. The van der Waals surface area contributed by atoms with Crippen LogP contribution in [0.15, 0.2) is 30.6 Å². The average molecular weight is 256 g/mol. The number of hydrogen-bond donors (Lipinski definition) is 1. The Morgan fingerprint density at radius 1 is 1.58 bits per heavy atom. The summed E-state index contributed by atoms with van der Waals surface area (Å²) in [5.41, 5.74) is 7.03. The predicted octanol–water partition coefficient (Wildman–Crippen LogP) is 1.50. The average Bonchev–Trinajstić information content (AvgIpc) is 2.87. The van der Waals surface area contributed by atoms with Crippen LogP contribution in [-0.4, -0.2) is 22.1 Å². The van der Waals surface area contributed by atoms with Gasteiger partial charge in [-0.1, -0.05) is 6.07 Å². The summed E-state index contributed by atoms with van der Waals surface area (Å²) in [4.78, 5) is 15.6. The summed E-state index contributed by atoms with van der Waals surface area (Å²) in [5.74, 6) is -0.284. The van der Waals surface area contributed by atoms with E-state index in [4.69, 9.17) is 15.7 Å². The van der Waals surface area contributed by atoms with E-state index in [1.54, 1.807) is 31.3 Å². The number of carbonyl (C=O) groups excluding carboxylic acids is 1. The van der Waals surface area contributed by atoms with E-state index in [1.165, 1.54) is 10.8 Å². The molecule has 19 heavy (non-hydrogen) atoms. The van der Waals surface area contributed by atoms with Crippen LogP contribution in [0, 0.1) is 11.3 Å². The number of nitrogens with two attached hydrogens (primary N) is 1. The highest BCUT2D eigenvalue weighted by molar-refractivity contribution is 5.97. The molecule has 0 bridgehead atoms. The second kappa shape index (κ2) is 5.23. The first kappa shape index (κ1) is 12.6. The van der Waals surface area contributed by atoms with Gasteiger partial charge >= 0.3 is 5.97 Å². The number of rotatable bonds is 3. The van der Waals surface area contributed by atoms with Gasteiger partial charge in [-0.3, -0.25) is 4.57 Å². The molecule has 0 radical (unpaired) electrons. The number of nitrogen functional groups attached to an aromatic ring is 1. The molecule has 0 saturated heterocycles. The largest absolute Gasteiger partial charge is 0.462 e. The number of benzene rings is 1. The number of carbonyl (C=O) groups is 1. The summed E-state index contributed by atoms with van der Waals surface area (Å²) in [6.07, 6.45) is 3.11. The zero-order valence-electron chi connectivity index (χ0n) is 10.3. The Morgan fingerprint density at radius 3 is 3.05 bits per heavy atom. The second-order valence-corrected chi connectivity index (χ2v) is 3.69. The van der Waals surface area contributed by atoms with Crippen molar-refractivity contribution >= 4 is 11.7 Å². The molecular formula is C13H12N4O2. The molecule has 0 fully saturated rings. The second-order valence-electron chi connectivity index (χ2n) is 3.69. The van der Waals surface area contributed by atoms with Crippen LogP contribution >= 0.6 is 0 Å². The van der Waals surface area contributed by atoms with E-state index in [-0.39, 0.29) is 23.7 Å². The Morgan fingerprint density at radius 2 is 2.37 bits per heavy atom. The molecule has 1 aromatic carbocycles. The van der Waals surface area contributed by atoms with Gasteiger partial charge in [0.2, 0.25) is 5.82 Å². The van der Waals surface area contributed by atoms with E-state index in [9.17, 15) is 4.79 Å². The molecule has 0 amide bonds. The maximum atomic E-state index is 11.7. The van der Waals surface area contributed by atoms with Crippen molar-refractivity contribution in [2.45, 2.75) is 6.92 Å². The molecule has 2 aromatic rings. The number of hydrogen-bond acceptors (Lipinski definition) is 5. The summed E-state index contributed by atoms with van der Waals surface area (Å²) < 4.78 is 6.45. The fourth-order valence-corrected chi connectivity index (χ4v) is 1.73. The van der Waals surface area contributed by atoms with Gasteiger partial charge in [0.1, 0.15) is 6.07 Å². The Labute approximate surface area is 110 Å². The van der Waals surface area contributed by atoms with Crippen molar-refractivity contribution < 1.29 is 9.53 Å². The SMILES string of the molecule is CCOC(=O)c1cccc(-n2ccnc2C#N)c1N. The quantitative estimate of drug-likeness (QED) is 0.663. The van der Waals surface area contributed by atoms with Crippen LogP contribution in [0.4, 0.5) is 5.69 Å². The Hall–Kier alpha value is -2.81. The van der Waals surface area contributed by atoms with Crippen LogP contribution in [-0.2, 0) is 4.74 Å². The lowest BCUT2D eigenvalue weighted by atomic mass is 10.1. The Kier molecular flexibility index (Phi) is 3.48. The van der Waals surface area contributed by atoms with Gasteiger partial charge in [-0.15, -0.1) is 0 Å². The van der Waals surface area contributed by atoms with E-state index < -0.39 is 5.97 Å². The van der Waals surface area contributed by atoms with Crippen molar-refractivity contribution in [2.24, 2.45) is 0 Å². The summed E-state index contributed by atoms with van der Waals surface area (Å²) >= 11 is 0. The minimum absolute atomic E-state index is 0.202. The normalized spacial score (nSPS) is 9.89. The fraction of sp³-hybridized carbons (Fsp3) is 0.154. The minimum Gasteiger partial charge on any atom is -0.462 e. The van der Waals surface area contributed by atoms with Gasteiger partial charge in [0.25, 0.3) is 0 Å². The topological polar surface area (TPSA) is 93.9 Å². The molecule has 1 heterocycles. The van der Waals surface area contributed by atoms with Crippen LogP contribution in [0.3, 0.4) is 0 Å². The molecule has 0 aliphatic heterocycles. The number of ether oxygens (including phenoxy) is 1. The lowest BCUT2D eigenvalue weighted by molar-refractivity contribution is 0.0527. The molecule has 0 spiro atoms. The van der Waals surface area contributed by atoms with Crippen LogP contribution in [0.5, 0.6) is 0 Å². The van der Waals surface area contributed by atoms with Crippen LogP contribution in [0.2, 0.25) is 0 Å². The highest BCUT2D eigenvalue weighted by Gasteiger charge is 2.15. The van der Waals surface area contributed by atoms with Gasteiger partial charge in [0, 0.05) is 12.4 Å². The van der Waals surface area contributed by atoms with E-state index >= 15 is 0 Å². The number of aromatic nitrogens is 2. The molecule has 2 rings (SSSR count). The van der Waals surface area contributed by atoms with Crippen LogP contribution in [0.25, 0.3) is 5.69 Å². The lowest BCUT2D eigenvalue weighted by Crippen LogP contribution is -2.11. The first-order valence-electron chi connectivity index (χ1n) is 5.68. The van der Waals surface area contributed by atoms with E-state index in [0.29, 0.717) is 5.69 Å². The number of imidazole rings is 1. The number of nitrogens with zero attached hydrogens (tertiary/aromatic N) is 3. The smallest absolute Gasteiger partial charge is 0.340 e. The van der Waals surface area contributed by atoms with Crippen molar-refractivity contribution in [2.75, 3.05) is 12.3 Å². The fourth-order valence-electron chi connectivity index (χ4n) is 1.73. The van der Waals surface area contributed by atoms with Gasteiger partial charge in [-0.25, -0.2) is 9.78 Å². The third-order valence-corrected chi connectivity index (χ3v) is 2.58. The zero-order chi connectivity index (χ0) is 13.8. The molecule has 6 heteroatoms. The zero-order valence-corrected chi connectivity index (χ0v) is 10.3.